The number of hydrogen-bond acceptors (Lipinski definition) is 9. The molecule has 6 bridgehead atoms. The Kier molecular flexibility index (Phi) is 6.17. The van der Waals surface area contributed by atoms with Crippen LogP contribution in [0, 0.1) is 0 Å². The van der Waals surface area contributed by atoms with Gasteiger partial charge in [0.2, 0.25) is 0 Å². The van der Waals surface area contributed by atoms with E-state index in [0.717, 1.165) is 0 Å². The van der Waals surface area contributed by atoms with Gasteiger partial charge in [-0.25, -0.2) is 0 Å². The van der Waals surface area contributed by atoms with Crippen LogP contribution in [0.2, 0.25) is 0 Å². The number of ketones is 3. The zero-order valence-corrected chi connectivity index (χ0v) is 18.7. The quantitative estimate of drug-likeness (QED) is 0.321. The van der Waals surface area contributed by atoms with E-state index >= 15 is 0 Å². The molecule has 0 aromatic heterocycles. The number of phenolic OH excluding ortho intramolecular Hbond substituents is 1. The molecule has 1 fully saturated rings. The second kappa shape index (κ2) is 8.68. The summed E-state index contributed by atoms with van der Waals surface area (Å²) in [6.45, 7) is 3.14. The first-order chi connectivity index (χ1) is 15.9. The molecule has 0 spiro atoms. The Bertz CT molecular complexity index is 1170. The van der Waals surface area contributed by atoms with E-state index in [1.54, 1.807) is 25.1 Å². The first-order valence-electron chi connectivity index (χ1n) is 10.9. The lowest BCUT2D eigenvalue weighted by Gasteiger charge is -2.32. The monoisotopic (exact) mass is 470 g/mol. The van der Waals surface area contributed by atoms with Gasteiger partial charge in [-0.2, -0.15) is 0 Å². The van der Waals surface area contributed by atoms with Gasteiger partial charge in [-0.15, -0.1) is 0 Å². The Balaban J connectivity index is 0.000000231. The van der Waals surface area contributed by atoms with Crippen LogP contribution in [0.1, 0.15) is 74.5 Å². The average molecular weight is 470 g/mol. The van der Waals surface area contributed by atoms with E-state index in [0.29, 0.717) is 5.56 Å². The third kappa shape index (κ3) is 4.28. The van der Waals surface area contributed by atoms with Gasteiger partial charge in [0, 0.05) is 36.0 Å². The van der Waals surface area contributed by atoms with Crippen molar-refractivity contribution in [2.45, 2.75) is 63.3 Å². The Labute approximate surface area is 195 Å². The number of hydrogen-bond donors (Lipinski definition) is 5. The van der Waals surface area contributed by atoms with Crippen molar-refractivity contribution in [3.63, 3.8) is 0 Å². The summed E-state index contributed by atoms with van der Waals surface area (Å²) >= 11 is 0. The van der Waals surface area contributed by atoms with Gasteiger partial charge in [0.05, 0.1) is 28.9 Å². The van der Waals surface area contributed by atoms with Crippen LogP contribution < -0.4 is 0 Å². The number of phenols is 1. The summed E-state index contributed by atoms with van der Waals surface area (Å²) in [5, 5.41) is 48.0. The average Bonchev–Trinajstić information content (AvgIpc) is 2.74. The number of Topliss-reactive ketones (excluding diaryl/α,β-unsaturated/α-hetero) is 1. The fourth-order valence-corrected chi connectivity index (χ4v) is 4.59. The molecule has 1 heterocycles. The molecular formula is C25H26O9. The third-order valence-corrected chi connectivity index (χ3v) is 6.34. The third-order valence-electron chi connectivity index (χ3n) is 6.34. The molecule has 180 valence electrons. The highest BCUT2D eigenvalue weighted by atomic mass is 16.6. The maximum absolute atomic E-state index is 12.7. The molecule has 5 atom stereocenters. The summed E-state index contributed by atoms with van der Waals surface area (Å²) in [6, 6.07) is 7.53. The predicted octanol–water partition coefficient (Wildman–Crippen LogP) is 0.883. The zero-order chi connectivity index (χ0) is 24.9. The molecule has 0 unspecified atom stereocenters. The van der Waals surface area contributed by atoms with Gasteiger partial charge in [-0.3, -0.25) is 14.4 Å². The fourth-order valence-electron chi connectivity index (χ4n) is 4.59. The maximum atomic E-state index is 12.7. The van der Waals surface area contributed by atoms with Gasteiger partial charge in [0.25, 0.3) is 0 Å². The lowest BCUT2D eigenvalue weighted by molar-refractivity contribution is -0.226. The summed E-state index contributed by atoms with van der Waals surface area (Å²) in [4.78, 5) is 37.9. The number of carbonyl (C=O) groups excluding carboxylic acids is 3. The van der Waals surface area contributed by atoms with E-state index in [1.165, 1.54) is 19.1 Å². The zero-order valence-electron chi connectivity index (χ0n) is 18.7. The van der Waals surface area contributed by atoms with Crippen LogP contribution in [0.15, 0.2) is 30.3 Å². The molecule has 0 radical (unpaired) electrons. The summed E-state index contributed by atoms with van der Waals surface area (Å²) in [5.41, 5.74) is -0.260. The lowest BCUT2D eigenvalue weighted by Crippen LogP contribution is -2.46. The normalized spacial score (nSPS) is 30.0. The molecule has 2 aromatic rings. The second-order valence-corrected chi connectivity index (χ2v) is 9.29. The van der Waals surface area contributed by atoms with E-state index in [9.17, 15) is 24.6 Å². The fraction of sp³-hybridized carbons (Fsp3) is 0.400. The summed E-state index contributed by atoms with van der Waals surface area (Å²) in [6.07, 6.45) is -3.10. The Morgan fingerprint density at radius 1 is 0.912 bits per heavy atom. The van der Waals surface area contributed by atoms with Gasteiger partial charge >= 0.3 is 0 Å². The molecule has 9 heteroatoms. The first kappa shape index (κ1) is 24.2. The van der Waals surface area contributed by atoms with Crippen LogP contribution in [-0.4, -0.2) is 73.1 Å². The summed E-state index contributed by atoms with van der Waals surface area (Å²) < 4.78 is 4.81. The van der Waals surface area contributed by atoms with Crippen LogP contribution in [0.5, 0.6) is 5.75 Å². The number of aromatic hydroxyl groups is 1. The molecule has 2 aromatic carbocycles. The van der Waals surface area contributed by atoms with E-state index in [4.69, 9.17) is 20.1 Å². The van der Waals surface area contributed by atoms with Gasteiger partial charge in [-0.05, 0) is 37.6 Å². The van der Waals surface area contributed by atoms with Crippen molar-refractivity contribution in [3.8, 4) is 5.75 Å². The van der Waals surface area contributed by atoms with E-state index in [-0.39, 0.29) is 52.9 Å². The van der Waals surface area contributed by atoms with Crippen molar-refractivity contribution in [2.75, 3.05) is 0 Å². The number of benzene rings is 2. The van der Waals surface area contributed by atoms with Crippen LogP contribution in [0.3, 0.4) is 0 Å². The lowest BCUT2D eigenvalue weighted by atomic mass is 9.78. The molecule has 7 rings (SSSR count). The van der Waals surface area contributed by atoms with Crippen molar-refractivity contribution in [2.24, 2.45) is 0 Å². The highest BCUT2D eigenvalue weighted by Gasteiger charge is 2.37. The van der Waals surface area contributed by atoms with E-state index < -0.39 is 47.5 Å². The number of aliphatic hydroxyl groups is 4. The van der Waals surface area contributed by atoms with E-state index in [2.05, 4.69) is 0 Å². The van der Waals surface area contributed by atoms with Crippen molar-refractivity contribution in [1.82, 2.24) is 0 Å². The predicted molar refractivity (Wildman–Crippen MR) is 118 cm³/mol. The Hall–Kier alpha value is -2.95. The molecule has 34 heavy (non-hydrogen) atoms. The Morgan fingerprint density at radius 3 is 2.24 bits per heavy atom. The van der Waals surface area contributed by atoms with Crippen LogP contribution >= 0.6 is 0 Å². The number of ether oxygens (including phenoxy) is 1. The van der Waals surface area contributed by atoms with Gasteiger partial charge in [0.1, 0.15) is 11.9 Å². The SMILES string of the molecule is C[C@H]1O[C@@H](O)C[C@@H](O)[C@@H]1O.C[C@]1(O)CC(=O)c2ccc3c(c2O)C(=O)c2ccc(cc2C3=O)C1. The van der Waals surface area contributed by atoms with Crippen molar-refractivity contribution in [1.29, 1.82) is 0 Å². The van der Waals surface area contributed by atoms with Crippen molar-refractivity contribution < 1.29 is 44.7 Å². The van der Waals surface area contributed by atoms with Crippen LogP contribution in [0.4, 0.5) is 0 Å². The molecule has 1 saturated heterocycles. The summed E-state index contributed by atoms with van der Waals surface area (Å²) in [7, 11) is 0. The number of fused-ring (bicyclic) bond motifs is 2. The molecule has 0 saturated carbocycles. The van der Waals surface area contributed by atoms with Gasteiger partial charge in [-0.1, -0.05) is 12.1 Å². The van der Waals surface area contributed by atoms with Gasteiger partial charge in [0.15, 0.2) is 23.6 Å². The number of rotatable bonds is 0. The standard InChI is InChI=1S/C19H14O5.C6H12O4/c1-19(24)7-9-2-3-10-13(6-9)16(21)12-5-4-11(14(20)8-19)18(23)15(12)17(10)22;1-3-6(9)4(7)2-5(8)10-3/h2-6,23-24H,7-8H2,1H3;3-9H,2H2,1H3/t19-;3-,4-,5-,6-/m11/s1. The minimum atomic E-state index is -1.33. The topological polar surface area (TPSA) is 162 Å². The molecule has 4 aliphatic carbocycles. The minimum absolute atomic E-state index is 0.0476. The maximum Gasteiger partial charge on any atom is 0.198 e. The number of carbonyl (C=O) groups is 3. The largest absolute Gasteiger partial charge is 0.506 e. The Morgan fingerprint density at radius 2 is 1.56 bits per heavy atom. The number of aliphatic hydroxyl groups excluding tert-OH is 3. The first-order valence-corrected chi connectivity index (χ1v) is 10.9. The van der Waals surface area contributed by atoms with Crippen molar-refractivity contribution in [3.05, 3.63) is 63.7 Å². The molecule has 1 aliphatic heterocycles. The minimum Gasteiger partial charge on any atom is -0.506 e. The smallest absolute Gasteiger partial charge is 0.198 e. The van der Waals surface area contributed by atoms with Crippen LogP contribution in [-0.2, 0) is 11.2 Å². The van der Waals surface area contributed by atoms with Crippen LogP contribution in [0.25, 0.3) is 0 Å². The highest BCUT2D eigenvalue weighted by Crippen LogP contribution is 2.37. The summed E-state index contributed by atoms with van der Waals surface area (Å²) in [5.74, 6) is -1.79. The molecule has 0 amide bonds. The second-order valence-electron chi connectivity index (χ2n) is 9.29. The molecule has 5 N–H and O–H groups in total. The molecule has 9 nitrogen and oxygen atoms in total. The van der Waals surface area contributed by atoms with E-state index in [1.807, 2.05) is 0 Å². The molecular weight excluding hydrogens is 444 g/mol. The van der Waals surface area contributed by atoms with Crippen molar-refractivity contribution >= 4 is 17.3 Å². The van der Waals surface area contributed by atoms with Gasteiger partial charge < -0.3 is 30.3 Å². The molecule has 5 aliphatic rings. The highest BCUT2D eigenvalue weighted by molar-refractivity contribution is 6.30.